The standard InChI is InChI=1S/C11H14ClFOS/c12-10-8-9(4-5-11(10)13)14-6-2-1-3-7-15/h4-5,8,15H,1-3,6-7H2. The summed E-state index contributed by atoms with van der Waals surface area (Å²) < 4.78 is 18.2. The number of ether oxygens (including phenoxy) is 1. The summed E-state index contributed by atoms with van der Waals surface area (Å²) in [5.74, 6) is 1.11. The van der Waals surface area contributed by atoms with Crippen LogP contribution in [0.15, 0.2) is 18.2 Å². The first-order valence-electron chi connectivity index (χ1n) is 4.93. The molecule has 1 aromatic carbocycles. The quantitative estimate of drug-likeness (QED) is 0.592. The van der Waals surface area contributed by atoms with E-state index in [1.54, 1.807) is 6.07 Å². The minimum Gasteiger partial charge on any atom is -0.494 e. The molecule has 0 saturated heterocycles. The maximum atomic E-state index is 12.8. The van der Waals surface area contributed by atoms with Crippen molar-refractivity contribution < 1.29 is 9.13 Å². The van der Waals surface area contributed by atoms with Gasteiger partial charge in [0.25, 0.3) is 0 Å². The highest BCUT2D eigenvalue weighted by Gasteiger charge is 2.01. The van der Waals surface area contributed by atoms with Crippen LogP contribution in [0, 0.1) is 5.82 Å². The predicted octanol–water partition coefficient (Wildman–Crippen LogP) is 3.96. The first-order valence-corrected chi connectivity index (χ1v) is 5.94. The van der Waals surface area contributed by atoms with Gasteiger partial charge in [-0.25, -0.2) is 4.39 Å². The van der Waals surface area contributed by atoms with Gasteiger partial charge < -0.3 is 4.74 Å². The highest BCUT2D eigenvalue weighted by molar-refractivity contribution is 7.80. The van der Waals surface area contributed by atoms with Crippen LogP contribution >= 0.6 is 24.2 Å². The molecule has 0 N–H and O–H groups in total. The van der Waals surface area contributed by atoms with Crippen molar-refractivity contribution in [1.82, 2.24) is 0 Å². The molecule has 0 aromatic heterocycles. The Kier molecular flexibility index (Phi) is 5.88. The van der Waals surface area contributed by atoms with Gasteiger partial charge in [-0.15, -0.1) is 0 Å². The molecule has 0 fully saturated rings. The summed E-state index contributed by atoms with van der Waals surface area (Å²) in [4.78, 5) is 0. The second kappa shape index (κ2) is 6.96. The zero-order chi connectivity index (χ0) is 11.1. The molecule has 0 spiro atoms. The molecule has 0 aliphatic heterocycles. The Morgan fingerprint density at radius 1 is 1.27 bits per heavy atom. The van der Waals surface area contributed by atoms with Crippen LogP contribution in [0.5, 0.6) is 5.75 Å². The number of hydrogen-bond acceptors (Lipinski definition) is 2. The lowest BCUT2D eigenvalue weighted by Gasteiger charge is -2.06. The Labute approximate surface area is 100.0 Å². The van der Waals surface area contributed by atoms with E-state index in [-0.39, 0.29) is 5.02 Å². The van der Waals surface area contributed by atoms with Crippen LogP contribution in [0.2, 0.25) is 5.02 Å². The van der Waals surface area contributed by atoms with Gasteiger partial charge in [0.15, 0.2) is 0 Å². The van der Waals surface area contributed by atoms with Crippen LogP contribution in [0.25, 0.3) is 0 Å². The van der Waals surface area contributed by atoms with Gasteiger partial charge in [0.1, 0.15) is 11.6 Å². The molecule has 0 saturated carbocycles. The van der Waals surface area contributed by atoms with Crippen molar-refractivity contribution in [2.45, 2.75) is 19.3 Å². The molecule has 0 heterocycles. The van der Waals surface area contributed by atoms with Gasteiger partial charge in [-0.05, 0) is 37.1 Å². The molecule has 1 rings (SSSR count). The molecule has 1 aromatic rings. The summed E-state index contributed by atoms with van der Waals surface area (Å²) in [6, 6.07) is 4.39. The summed E-state index contributed by atoms with van der Waals surface area (Å²) in [7, 11) is 0. The summed E-state index contributed by atoms with van der Waals surface area (Å²) in [6.45, 7) is 0.635. The van der Waals surface area contributed by atoms with E-state index in [0.29, 0.717) is 12.4 Å². The lowest BCUT2D eigenvalue weighted by Crippen LogP contribution is -1.97. The molecular formula is C11H14ClFOS. The summed E-state index contributed by atoms with van der Waals surface area (Å²) in [5, 5.41) is 0.0999. The third-order valence-corrected chi connectivity index (χ3v) is 2.57. The molecule has 0 aliphatic carbocycles. The van der Waals surface area contributed by atoms with Crippen LogP contribution < -0.4 is 4.74 Å². The van der Waals surface area contributed by atoms with Gasteiger partial charge in [0, 0.05) is 6.07 Å². The van der Waals surface area contributed by atoms with Crippen molar-refractivity contribution >= 4 is 24.2 Å². The van der Waals surface area contributed by atoms with Crippen LogP contribution in [-0.2, 0) is 0 Å². The molecule has 15 heavy (non-hydrogen) atoms. The molecule has 4 heteroatoms. The topological polar surface area (TPSA) is 9.23 Å². The lowest BCUT2D eigenvalue weighted by molar-refractivity contribution is 0.306. The number of halogens is 2. The Balaban J connectivity index is 2.28. The van der Waals surface area contributed by atoms with Crippen molar-refractivity contribution in [1.29, 1.82) is 0 Å². The van der Waals surface area contributed by atoms with Crippen molar-refractivity contribution in [2.75, 3.05) is 12.4 Å². The largest absolute Gasteiger partial charge is 0.494 e. The van der Waals surface area contributed by atoms with E-state index in [9.17, 15) is 4.39 Å². The number of rotatable bonds is 6. The molecule has 0 bridgehead atoms. The fourth-order valence-corrected chi connectivity index (χ4v) is 1.54. The third-order valence-electron chi connectivity index (χ3n) is 1.96. The van der Waals surface area contributed by atoms with E-state index in [1.165, 1.54) is 12.1 Å². The number of hydrogen-bond donors (Lipinski definition) is 1. The van der Waals surface area contributed by atoms with Gasteiger partial charge in [0.05, 0.1) is 11.6 Å². The molecule has 84 valence electrons. The summed E-state index contributed by atoms with van der Waals surface area (Å²) in [5.41, 5.74) is 0. The van der Waals surface area contributed by atoms with E-state index >= 15 is 0 Å². The normalized spacial score (nSPS) is 10.3. The van der Waals surface area contributed by atoms with Crippen molar-refractivity contribution in [3.05, 3.63) is 29.0 Å². The first-order chi connectivity index (χ1) is 7.24. The van der Waals surface area contributed by atoms with Crippen molar-refractivity contribution in [3.8, 4) is 5.75 Å². The maximum Gasteiger partial charge on any atom is 0.142 e. The highest BCUT2D eigenvalue weighted by Crippen LogP contribution is 2.21. The number of thiol groups is 1. The monoisotopic (exact) mass is 248 g/mol. The fourth-order valence-electron chi connectivity index (χ4n) is 1.15. The summed E-state index contributed by atoms with van der Waals surface area (Å²) in [6.07, 6.45) is 3.17. The average Bonchev–Trinajstić information content (AvgIpc) is 2.23. The Morgan fingerprint density at radius 3 is 2.73 bits per heavy atom. The number of unbranched alkanes of at least 4 members (excludes halogenated alkanes) is 2. The Morgan fingerprint density at radius 2 is 2.07 bits per heavy atom. The molecule has 0 atom stereocenters. The Bertz CT molecular complexity index is 307. The van der Waals surface area contributed by atoms with Gasteiger partial charge in [-0.1, -0.05) is 11.6 Å². The maximum absolute atomic E-state index is 12.8. The fraction of sp³-hybridized carbons (Fsp3) is 0.455. The van der Waals surface area contributed by atoms with E-state index in [0.717, 1.165) is 25.0 Å². The van der Waals surface area contributed by atoms with Crippen molar-refractivity contribution in [2.24, 2.45) is 0 Å². The molecule has 0 amide bonds. The zero-order valence-electron chi connectivity index (χ0n) is 8.38. The SMILES string of the molecule is Fc1ccc(OCCCCCS)cc1Cl. The van der Waals surface area contributed by atoms with Crippen LogP contribution in [0.4, 0.5) is 4.39 Å². The second-order valence-corrected chi connectivity index (χ2v) is 4.06. The third kappa shape index (κ3) is 4.76. The Hall–Kier alpha value is -0.410. The van der Waals surface area contributed by atoms with Gasteiger partial charge >= 0.3 is 0 Å². The van der Waals surface area contributed by atoms with Crippen molar-refractivity contribution in [3.63, 3.8) is 0 Å². The van der Waals surface area contributed by atoms with E-state index in [4.69, 9.17) is 16.3 Å². The van der Waals surface area contributed by atoms with E-state index in [1.807, 2.05) is 0 Å². The van der Waals surface area contributed by atoms with Gasteiger partial charge in [-0.2, -0.15) is 12.6 Å². The van der Waals surface area contributed by atoms with E-state index in [2.05, 4.69) is 12.6 Å². The molecule has 1 nitrogen and oxygen atoms in total. The second-order valence-electron chi connectivity index (χ2n) is 3.21. The average molecular weight is 249 g/mol. The molecule has 0 unspecified atom stereocenters. The minimum atomic E-state index is -0.418. The van der Waals surface area contributed by atoms with Crippen LogP contribution in [0.1, 0.15) is 19.3 Å². The van der Waals surface area contributed by atoms with Gasteiger partial charge in [-0.3, -0.25) is 0 Å². The first kappa shape index (κ1) is 12.7. The smallest absolute Gasteiger partial charge is 0.142 e. The number of benzene rings is 1. The predicted molar refractivity (Wildman–Crippen MR) is 64.6 cm³/mol. The molecule has 0 radical (unpaired) electrons. The highest BCUT2D eigenvalue weighted by atomic mass is 35.5. The van der Waals surface area contributed by atoms with Gasteiger partial charge in [0.2, 0.25) is 0 Å². The molecule has 0 aliphatic rings. The molecular weight excluding hydrogens is 235 g/mol. The lowest BCUT2D eigenvalue weighted by atomic mass is 10.2. The van der Waals surface area contributed by atoms with E-state index < -0.39 is 5.82 Å². The summed E-state index contributed by atoms with van der Waals surface area (Å²) >= 11 is 9.73. The minimum absolute atomic E-state index is 0.0999. The van der Waals surface area contributed by atoms with Crippen LogP contribution in [-0.4, -0.2) is 12.4 Å². The van der Waals surface area contributed by atoms with Crippen LogP contribution in [0.3, 0.4) is 0 Å². The zero-order valence-corrected chi connectivity index (χ0v) is 10.0.